The van der Waals surface area contributed by atoms with Crippen molar-refractivity contribution in [3.8, 4) is 0 Å². The van der Waals surface area contributed by atoms with Gasteiger partial charge in [-0.3, -0.25) is 14.9 Å². The highest BCUT2D eigenvalue weighted by Crippen LogP contribution is 2.22. The van der Waals surface area contributed by atoms with Gasteiger partial charge < -0.3 is 9.64 Å². The molecule has 1 fully saturated rings. The second-order valence-corrected chi connectivity index (χ2v) is 6.30. The maximum absolute atomic E-state index is 12.6. The molecule has 1 aromatic carbocycles. The normalized spacial score (nSPS) is 18.2. The van der Waals surface area contributed by atoms with E-state index in [0.717, 1.165) is 44.4 Å². The van der Waals surface area contributed by atoms with E-state index in [9.17, 15) is 14.9 Å². The highest BCUT2D eigenvalue weighted by atomic mass is 16.6. The minimum atomic E-state index is -0.398. The van der Waals surface area contributed by atoms with Gasteiger partial charge in [0.25, 0.3) is 5.69 Å². The lowest BCUT2D eigenvalue weighted by molar-refractivity contribution is -0.385. The molecule has 1 heterocycles. The quantitative estimate of drug-likeness (QED) is 0.591. The zero-order valence-corrected chi connectivity index (χ0v) is 14.5. The van der Waals surface area contributed by atoms with Crippen molar-refractivity contribution < 1.29 is 14.5 Å². The van der Waals surface area contributed by atoms with Gasteiger partial charge in [-0.2, -0.15) is 0 Å². The van der Waals surface area contributed by atoms with Gasteiger partial charge in [-0.15, -0.1) is 0 Å². The maximum Gasteiger partial charge on any atom is 0.272 e. The number of nitro benzene ring substituents is 1. The molecule has 1 aliphatic heterocycles. The van der Waals surface area contributed by atoms with Crippen molar-refractivity contribution in [3.63, 3.8) is 0 Å². The molecule has 6 nitrogen and oxygen atoms in total. The van der Waals surface area contributed by atoms with E-state index in [1.54, 1.807) is 19.1 Å². The van der Waals surface area contributed by atoms with Crippen LogP contribution in [0.3, 0.4) is 0 Å². The van der Waals surface area contributed by atoms with Crippen LogP contribution in [0.15, 0.2) is 18.2 Å². The Kier molecular flexibility index (Phi) is 6.73. The highest BCUT2D eigenvalue weighted by molar-refractivity contribution is 5.79. The van der Waals surface area contributed by atoms with Crippen LogP contribution in [-0.2, 0) is 16.0 Å². The van der Waals surface area contributed by atoms with Gasteiger partial charge in [0.05, 0.1) is 17.4 Å². The summed E-state index contributed by atoms with van der Waals surface area (Å²) in [4.78, 5) is 25.1. The summed E-state index contributed by atoms with van der Waals surface area (Å²) in [6, 6.07) is 4.92. The van der Waals surface area contributed by atoms with Gasteiger partial charge in [0.15, 0.2) is 0 Å². The van der Waals surface area contributed by atoms with Crippen LogP contribution in [0, 0.1) is 17.0 Å². The van der Waals surface area contributed by atoms with E-state index in [-0.39, 0.29) is 24.1 Å². The third kappa shape index (κ3) is 4.77. The fourth-order valence-corrected chi connectivity index (χ4v) is 3.10. The monoisotopic (exact) mass is 334 g/mol. The number of hydrogen-bond acceptors (Lipinski definition) is 4. The standard InChI is InChI=1S/C18H26N2O4/c1-3-12-24-16-7-5-10-19(11-9-16)18(21)13-15-6-4-8-17(14(15)2)20(22)23/h4,6,8,16H,3,5,7,9-13H2,1-2H3/t16-/m1/s1. The number of nitrogens with zero attached hydrogens (tertiary/aromatic N) is 2. The summed E-state index contributed by atoms with van der Waals surface area (Å²) in [6.45, 7) is 6.00. The van der Waals surface area contributed by atoms with Gasteiger partial charge in [0.2, 0.25) is 5.91 Å². The minimum absolute atomic E-state index is 0.0368. The molecule has 0 radical (unpaired) electrons. The van der Waals surface area contributed by atoms with Gasteiger partial charge in [-0.25, -0.2) is 0 Å². The fraction of sp³-hybridized carbons (Fsp3) is 0.611. The Hall–Kier alpha value is -1.95. The predicted molar refractivity (Wildman–Crippen MR) is 92.0 cm³/mol. The van der Waals surface area contributed by atoms with Crippen LogP contribution >= 0.6 is 0 Å². The average molecular weight is 334 g/mol. The van der Waals surface area contributed by atoms with E-state index in [1.807, 2.05) is 4.90 Å². The second kappa shape index (κ2) is 8.78. The Labute approximate surface area is 142 Å². The predicted octanol–water partition coefficient (Wildman–Crippen LogP) is 3.25. The molecule has 132 valence electrons. The van der Waals surface area contributed by atoms with Crippen molar-refractivity contribution in [1.29, 1.82) is 0 Å². The lowest BCUT2D eigenvalue weighted by atomic mass is 10.0. The molecule has 1 saturated heterocycles. The SMILES string of the molecule is CCCO[C@@H]1CCCN(C(=O)Cc2cccc([N+](=O)[O-])c2C)CC1. The Balaban J connectivity index is 1.98. The third-order valence-electron chi connectivity index (χ3n) is 4.54. The number of nitro groups is 1. The number of carbonyl (C=O) groups is 1. The lowest BCUT2D eigenvalue weighted by Gasteiger charge is -2.21. The first-order chi connectivity index (χ1) is 11.5. The van der Waals surface area contributed by atoms with Gasteiger partial charge in [-0.05, 0) is 38.2 Å². The topological polar surface area (TPSA) is 72.7 Å². The van der Waals surface area contributed by atoms with E-state index >= 15 is 0 Å². The molecule has 2 rings (SSSR count). The maximum atomic E-state index is 12.6. The van der Waals surface area contributed by atoms with Crippen LogP contribution in [0.5, 0.6) is 0 Å². The van der Waals surface area contributed by atoms with Crippen LogP contribution in [0.4, 0.5) is 5.69 Å². The van der Waals surface area contributed by atoms with E-state index in [4.69, 9.17) is 4.74 Å². The number of benzene rings is 1. The smallest absolute Gasteiger partial charge is 0.272 e. The number of likely N-dealkylation sites (tertiary alicyclic amines) is 1. The number of amides is 1. The first-order valence-corrected chi connectivity index (χ1v) is 8.65. The summed E-state index contributed by atoms with van der Waals surface area (Å²) < 4.78 is 5.81. The van der Waals surface area contributed by atoms with E-state index in [0.29, 0.717) is 12.1 Å². The molecule has 0 spiro atoms. The molecule has 1 amide bonds. The number of carbonyl (C=O) groups excluding carboxylic acids is 1. The summed E-state index contributed by atoms with van der Waals surface area (Å²) >= 11 is 0. The van der Waals surface area contributed by atoms with Gasteiger partial charge in [0, 0.05) is 31.3 Å². The summed E-state index contributed by atoms with van der Waals surface area (Å²) in [5.41, 5.74) is 1.39. The van der Waals surface area contributed by atoms with Crippen molar-refractivity contribution in [2.75, 3.05) is 19.7 Å². The Bertz CT molecular complexity index is 588. The summed E-state index contributed by atoms with van der Waals surface area (Å²) in [7, 11) is 0. The summed E-state index contributed by atoms with van der Waals surface area (Å²) in [5, 5.41) is 11.0. The van der Waals surface area contributed by atoms with Gasteiger partial charge >= 0.3 is 0 Å². The number of rotatable bonds is 6. The largest absolute Gasteiger partial charge is 0.378 e. The van der Waals surface area contributed by atoms with Gasteiger partial charge in [0.1, 0.15) is 0 Å². The molecule has 0 N–H and O–H groups in total. The molecule has 0 aromatic heterocycles. The van der Waals surface area contributed by atoms with Crippen molar-refractivity contribution in [3.05, 3.63) is 39.4 Å². The van der Waals surface area contributed by atoms with Crippen LogP contribution in [-0.4, -0.2) is 41.5 Å². The molecular weight excluding hydrogens is 308 g/mol. The number of hydrogen-bond donors (Lipinski definition) is 0. The van der Waals surface area contributed by atoms with Crippen molar-refractivity contribution in [2.45, 2.75) is 52.1 Å². The highest BCUT2D eigenvalue weighted by Gasteiger charge is 2.22. The van der Waals surface area contributed by atoms with Crippen LogP contribution in [0.2, 0.25) is 0 Å². The molecule has 1 atom stereocenters. The molecule has 1 aromatic rings. The van der Waals surface area contributed by atoms with Crippen molar-refractivity contribution >= 4 is 11.6 Å². The Morgan fingerprint density at radius 2 is 2.17 bits per heavy atom. The Morgan fingerprint density at radius 3 is 2.88 bits per heavy atom. The lowest BCUT2D eigenvalue weighted by Crippen LogP contribution is -2.33. The zero-order valence-electron chi connectivity index (χ0n) is 14.5. The van der Waals surface area contributed by atoms with E-state index < -0.39 is 4.92 Å². The molecule has 0 saturated carbocycles. The van der Waals surface area contributed by atoms with Gasteiger partial charge in [-0.1, -0.05) is 19.1 Å². The summed E-state index contributed by atoms with van der Waals surface area (Å²) in [6.07, 6.45) is 4.24. The third-order valence-corrected chi connectivity index (χ3v) is 4.54. The van der Waals surface area contributed by atoms with Crippen molar-refractivity contribution in [1.82, 2.24) is 4.90 Å². The van der Waals surface area contributed by atoms with E-state index in [2.05, 4.69) is 6.92 Å². The first kappa shape index (κ1) is 18.4. The molecule has 6 heteroatoms. The van der Waals surface area contributed by atoms with Crippen LogP contribution in [0.25, 0.3) is 0 Å². The molecule has 0 aliphatic carbocycles. The Morgan fingerprint density at radius 1 is 1.38 bits per heavy atom. The average Bonchev–Trinajstić information content (AvgIpc) is 2.80. The van der Waals surface area contributed by atoms with Crippen LogP contribution < -0.4 is 0 Å². The van der Waals surface area contributed by atoms with E-state index in [1.165, 1.54) is 6.07 Å². The van der Waals surface area contributed by atoms with Crippen molar-refractivity contribution in [2.24, 2.45) is 0 Å². The molecular formula is C18H26N2O4. The molecule has 0 bridgehead atoms. The minimum Gasteiger partial charge on any atom is -0.378 e. The first-order valence-electron chi connectivity index (χ1n) is 8.65. The number of ether oxygens (including phenoxy) is 1. The molecule has 0 unspecified atom stereocenters. The molecule has 1 aliphatic rings. The second-order valence-electron chi connectivity index (χ2n) is 6.30. The molecule has 24 heavy (non-hydrogen) atoms. The zero-order chi connectivity index (χ0) is 17.5. The van der Waals surface area contributed by atoms with Crippen LogP contribution in [0.1, 0.15) is 43.7 Å². The summed E-state index contributed by atoms with van der Waals surface area (Å²) in [5.74, 6) is 0.0368. The fourth-order valence-electron chi connectivity index (χ4n) is 3.10.